The molecule has 0 bridgehead atoms. The smallest absolute Gasteiger partial charge is 0.272 e. The van der Waals surface area contributed by atoms with Crippen molar-refractivity contribution in [2.75, 3.05) is 4.72 Å². The molecule has 5 nitrogen and oxygen atoms in total. The number of rotatable bonds is 4. The first-order chi connectivity index (χ1) is 8.81. The molecule has 2 aromatic heterocycles. The quantitative estimate of drug-likeness (QED) is 0.906. The van der Waals surface area contributed by atoms with E-state index in [9.17, 15) is 8.42 Å². The summed E-state index contributed by atoms with van der Waals surface area (Å²) in [4.78, 5) is 0. The second kappa shape index (κ2) is 5.26. The molecule has 104 valence electrons. The molecule has 8 heteroatoms. The van der Waals surface area contributed by atoms with Crippen LogP contribution in [-0.2, 0) is 17.1 Å². The number of hydrogen-bond acceptors (Lipinski definition) is 4. The first-order valence-corrected chi connectivity index (χ1v) is 8.76. The first-order valence-electron chi connectivity index (χ1n) is 5.60. The average Bonchev–Trinajstić information content (AvgIpc) is 2.84. The third-order valence-corrected chi connectivity index (χ3v) is 6.51. The number of anilines is 1. The Hall–Kier alpha value is -0.860. The van der Waals surface area contributed by atoms with E-state index in [0.29, 0.717) is 10.2 Å². The molecule has 0 aliphatic carbocycles. The van der Waals surface area contributed by atoms with Gasteiger partial charge >= 0.3 is 0 Å². The number of thiophene rings is 1. The SMILES string of the molecule is CC(C)c1nn(C)cc1NS(=O)(=O)c1sccc1Br. The lowest BCUT2D eigenvalue weighted by Gasteiger charge is -2.08. The van der Waals surface area contributed by atoms with Crippen molar-refractivity contribution in [1.29, 1.82) is 0 Å². The predicted molar refractivity (Wildman–Crippen MR) is 80.1 cm³/mol. The van der Waals surface area contributed by atoms with E-state index in [4.69, 9.17) is 0 Å². The van der Waals surface area contributed by atoms with Crippen molar-refractivity contribution in [2.24, 2.45) is 7.05 Å². The van der Waals surface area contributed by atoms with Crippen LogP contribution < -0.4 is 4.72 Å². The Balaban J connectivity index is 2.39. The minimum Gasteiger partial charge on any atom is -0.275 e. The van der Waals surface area contributed by atoms with Crippen LogP contribution in [-0.4, -0.2) is 18.2 Å². The second-order valence-corrected chi connectivity index (χ2v) is 8.07. The lowest BCUT2D eigenvalue weighted by atomic mass is 10.1. The number of aromatic nitrogens is 2. The van der Waals surface area contributed by atoms with Crippen LogP contribution in [0.5, 0.6) is 0 Å². The molecule has 0 saturated heterocycles. The predicted octanol–water partition coefficient (Wildman–Crippen LogP) is 3.17. The van der Waals surface area contributed by atoms with E-state index in [0.717, 1.165) is 5.69 Å². The van der Waals surface area contributed by atoms with Gasteiger partial charge in [-0.1, -0.05) is 13.8 Å². The number of halogens is 1. The molecule has 0 saturated carbocycles. The summed E-state index contributed by atoms with van der Waals surface area (Å²) in [5, 5.41) is 6.01. The van der Waals surface area contributed by atoms with Gasteiger partial charge in [-0.3, -0.25) is 9.40 Å². The minimum atomic E-state index is -3.58. The molecule has 0 atom stereocenters. The highest BCUT2D eigenvalue weighted by Crippen LogP contribution is 2.31. The fourth-order valence-electron chi connectivity index (χ4n) is 1.67. The number of aryl methyl sites for hydroxylation is 1. The van der Waals surface area contributed by atoms with Crippen molar-refractivity contribution < 1.29 is 8.42 Å². The van der Waals surface area contributed by atoms with E-state index in [1.165, 1.54) is 11.3 Å². The molecule has 0 aliphatic heterocycles. The lowest BCUT2D eigenvalue weighted by Crippen LogP contribution is -2.13. The molecule has 2 aromatic rings. The Labute approximate surface area is 124 Å². The monoisotopic (exact) mass is 363 g/mol. The molecule has 0 amide bonds. The maximum atomic E-state index is 12.3. The molecule has 19 heavy (non-hydrogen) atoms. The largest absolute Gasteiger partial charge is 0.275 e. The van der Waals surface area contributed by atoms with Gasteiger partial charge in [0.15, 0.2) is 4.21 Å². The maximum Gasteiger partial charge on any atom is 0.272 e. The van der Waals surface area contributed by atoms with Gasteiger partial charge in [-0.05, 0) is 33.3 Å². The van der Waals surface area contributed by atoms with E-state index < -0.39 is 10.0 Å². The van der Waals surface area contributed by atoms with Crippen LogP contribution in [0.4, 0.5) is 5.69 Å². The van der Waals surface area contributed by atoms with E-state index in [-0.39, 0.29) is 10.1 Å². The first kappa shape index (κ1) is 14.5. The normalized spacial score (nSPS) is 12.1. The molecular weight excluding hydrogens is 350 g/mol. The molecule has 0 radical (unpaired) electrons. The van der Waals surface area contributed by atoms with Crippen LogP contribution in [0.15, 0.2) is 26.3 Å². The summed E-state index contributed by atoms with van der Waals surface area (Å²) in [5.41, 5.74) is 1.26. The fourth-order valence-corrected chi connectivity index (χ4v) is 5.07. The van der Waals surface area contributed by atoms with Gasteiger partial charge < -0.3 is 0 Å². The number of sulfonamides is 1. The number of hydrogen-bond donors (Lipinski definition) is 1. The van der Waals surface area contributed by atoms with Crippen LogP contribution in [0.2, 0.25) is 0 Å². The zero-order chi connectivity index (χ0) is 14.2. The Morgan fingerprint density at radius 2 is 2.16 bits per heavy atom. The summed E-state index contributed by atoms with van der Waals surface area (Å²) in [6.45, 7) is 3.95. The van der Waals surface area contributed by atoms with E-state index in [2.05, 4.69) is 25.8 Å². The molecular formula is C11H14BrN3O2S2. The third kappa shape index (κ3) is 3.01. The highest BCUT2D eigenvalue weighted by molar-refractivity contribution is 9.10. The Kier molecular flexibility index (Phi) is 4.03. The molecule has 0 unspecified atom stereocenters. The highest BCUT2D eigenvalue weighted by atomic mass is 79.9. The zero-order valence-electron chi connectivity index (χ0n) is 10.7. The van der Waals surface area contributed by atoms with E-state index in [1.54, 1.807) is 29.4 Å². The molecule has 0 aromatic carbocycles. The molecule has 2 rings (SSSR count). The minimum absolute atomic E-state index is 0.144. The summed E-state index contributed by atoms with van der Waals surface area (Å²) in [5.74, 6) is 0.144. The molecule has 0 aliphatic rings. The van der Waals surface area contributed by atoms with Crippen molar-refractivity contribution in [1.82, 2.24) is 9.78 Å². The Morgan fingerprint density at radius 3 is 2.68 bits per heavy atom. The van der Waals surface area contributed by atoms with Gasteiger partial charge in [0.2, 0.25) is 0 Å². The van der Waals surface area contributed by atoms with E-state index >= 15 is 0 Å². The topological polar surface area (TPSA) is 64.0 Å². The lowest BCUT2D eigenvalue weighted by molar-refractivity contribution is 0.602. The molecule has 0 spiro atoms. The van der Waals surface area contributed by atoms with Gasteiger partial charge in [0.25, 0.3) is 10.0 Å². The van der Waals surface area contributed by atoms with Gasteiger partial charge in [0, 0.05) is 17.7 Å². The van der Waals surface area contributed by atoms with Crippen molar-refractivity contribution in [2.45, 2.75) is 24.0 Å². The van der Waals surface area contributed by atoms with Gasteiger partial charge in [-0.15, -0.1) is 11.3 Å². The van der Waals surface area contributed by atoms with Crippen molar-refractivity contribution in [3.05, 3.63) is 27.8 Å². The molecule has 2 heterocycles. The van der Waals surface area contributed by atoms with Crippen LogP contribution in [0.25, 0.3) is 0 Å². The summed E-state index contributed by atoms with van der Waals surface area (Å²) >= 11 is 4.41. The zero-order valence-corrected chi connectivity index (χ0v) is 13.9. The van der Waals surface area contributed by atoms with Crippen LogP contribution >= 0.6 is 27.3 Å². The van der Waals surface area contributed by atoms with Gasteiger partial charge in [0.1, 0.15) is 0 Å². The Bertz CT molecular complexity index is 689. The summed E-state index contributed by atoms with van der Waals surface area (Å²) in [6.07, 6.45) is 1.67. The third-order valence-electron chi connectivity index (χ3n) is 2.48. The molecule has 1 N–H and O–H groups in total. The highest BCUT2D eigenvalue weighted by Gasteiger charge is 2.22. The second-order valence-electron chi connectivity index (χ2n) is 4.42. The fraction of sp³-hybridized carbons (Fsp3) is 0.364. The molecule has 0 fully saturated rings. The summed E-state index contributed by atoms with van der Waals surface area (Å²) < 4.78 is 29.6. The van der Waals surface area contributed by atoms with Crippen molar-refractivity contribution >= 4 is 43.0 Å². The average molecular weight is 364 g/mol. The van der Waals surface area contributed by atoms with E-state index in [1.807, 2.05) is 13.8 Å². The number of nitrogens with one attached hydrogen (secondary N) is 1. The number of nitrogens with zero attached hydrogens (tertiary/aromatic N) is 2. The van der Waals surface area contributed by atoms with Gasteiger partial charge in [-0.2, -0.15) is 5.10 Å². The van der Waals surface area contributed by atoms with Crippen molar-refractivity contribution in [3.8, 4) is 0 Å². The van der Waals surface area contributed by atoms with Crippen molar-refractivity contribution in [3.63, 3.8) is 0 Å². The van der Waals surface area contributed by atoms with Crippen LogP contribution in [0.1, 0.15) is 25.5 Å². The van der Waals surface area contributed by atoms with Gasteiger partial charge in [-0.25, -0.2) is 8.42 Å². The van der Waals surface area contributed by atoms with Gasteiger partial charge in [0.05, 0.1) is 11.4 Å². The standard InChI is InChI=1S/C11H14BrN3O2S2/c1-7(2)10-9(6-15(3)13-10)14-19(16,17)11-8(12)4-5-18-11/h4-7,14H,1-3H3. The summed E-state index contributed by atoms with van der Waals surface area (Å²) in [7, 11) is -1.81. The van der Waals surface area contributed by atoms with Crippen LogP contribution in [0, 0.1) is 0 Å². The summed E-state index contributed by atoms with van der Waals surface area (Å²) in [6, 6.07) is 1.71. The Morgan fingerprint density at radius 1 is 1.47 bits per heavy atom. The van der Waals surface area contributed by atoms with Crippen LogP contribution in [0.3, 0.4) is 0 Å². The maximum absolute atomic E-state index is 12.3.